The number of nitrogens with two attached hydrogens (primary N) is 14. The lowest BCUT2D eigenvalue weighted by atomic mass is 9.96. The van der Waals surface area contributed by atoms with Crippen LogP contribution in [0.15, 0.2) is 25.0 Å². The van der Waals surface area contributed by atoms with Crippen molar-refractivity contribution in [1.29, 1.82) is 0 Å². The molecule has 91 heavy (non-hydrogen) atoms. The highest BCUT2D eigenvalue weighted by molar-refractivity contribution is 5.98. The number of rotatable bonds is 50. The van der Waals surface area contributed by atoms with Gasteiger partial charge in [-0.2, -0.15) is 0 Å². The Morgan fingerprint density at radius 2 is 0.615 bits per heavy atom. The standard InChI is InChI=1S/C53H105N27O11/c1-3-29(2)39(47(89)78-35(18-11-27-71-52(64)65)45(87)79-37(48(90)91)19-12-28-72-53(66)67)80-46(88)36(20-21-38(57)81)77-44(86)34(17-10-26-70-51(62)63)76-43(85)33(16-9-25-69-50(60)61)75-42(84)32(15-5-7-23-55)74-41(83)31(14-4-6-22-54)73-40(82)30(56)13-8-24-68-49(58)59/h29-37,39H,3-28,54-56H2,1-2H3,(H2,57,81)(H,73,82)(H,74,83)(H,75,84)(H,76,85)(H,77,86)(H,78,89)(H,79,87)(H,80,88)(H,90,91)(H4,58,59,68)(H4,60,61,69)(H4,62,63,70)(H4,64,65,71)(H4,66,67,72)/t29-,30+,31-,32-,33-,34+,35-,36-,37+,39-/m0/s1. The fraction of sp³-hybridized carbons (Fsp3) is 0.717. The van der Waals surface area contributed by atoms with Gasteiger partial charge in [0.15, 0.2) is 29.8 Å². The molecule has 518 valence electrons. The molecule has 0 aliphatic heterocycles. The van der Waals surface area contributed by atoms with Gasteiger partial charge in [-0.1, -0.05) is 20.3 Å². The van der Waals surface area contributed by atoms with Gasteiger partial charge in [0, 0.05) is 39.1 Å². The number of guanidine groups is 5. The van der Waals surface area contributed by atoms with Crippen molar-refractivity contribution in [2.75, 3.05) is 45.8 Å². The first-order valence-electron chi connectivity index (χ1n) is 30.3. The number of carbonyl (C=O) groups is 10. The van der Waals surface area contributed by atoms with E-state index in [-0.39, 0.29) is 153 Å². The molecule has 0 rings (SSSR count). The van der Waals surface area contributed by atoms with Gasteiger partial charge < -0.3 is 128 Å². The molecule has 37 N–H and O–H groups in total. The summed E-state index contributed by atoms with van der Waals surface area (Å²) < 4.78 is 0. The summed E-state index contributed by atoms with van der Waals surface area (Å²) >= 11 is 0. The number of nitrogens with one attached hydrogen (secondary N) is 8. The van der Waals surface area contributed by atoms with E-state index in [0.29, 0.717) is 32.1 Å². The van der Waals surface area contributed by atoms with Crippen molar-refractivity contribution in [3.05, 3.63) is 0 Å². The third-order valence-electron chi connectivity index (χ3n) is 13.9. The normalized spacial score (nSPS) is 14.1. The second-order valence-corrected chi connectivity index (χ2v) is 21.6. The maximum atomic E-state index is 14.6. The molecule has 0 aromatic rings. The molecule has 0 aliphatic rings. The van der Waals surface area contributed by atoms with Crippen molar-refractivity contribution in [3.8, 4) is 0 Å². The average molecular weight is 1300 g/mol. The maximum absolute atomic E-state index is 14.6. The Morgan fingerprint density at radius 3 is 0.912 bits per heavy atom. The van der Waals surface area contributed by atoms with Crippen molar-refractivity contribution in [2.24, 2.45) is 111 Å². The Morgan fingerprint density at radius 1 is 0.352 bits per heavy atom. The average Bonchev–Trinajstić information content (AvgIpc) is 3.09. The molecule has 0 bridgehead atoms. The number of unbranched alkanes of at least 4 members (excludes halogenated alkanes) is 2. The minimum Gasteiger partial charge on any atom is -0.480 e. The first-order valence-corrected chi connectivity index (χ1v) is 30.3. The Kier molecular flexibility index (Phi) is 42.3. The molecule has 10 atom stereocenters. The van der Waals surface area contributed by atoms with Crippen LogP contribution in [0.3, 0.4) is 0 Å². The monoisotopic (exact) mass is 1300 g/mol. The van der Waals surface area contributed by atoms with Crippen molar-refractivity contribution in [1.82, 2.24) is 42.5 Å². The molecular formula is C53H105N27O11. The highest BCUT2D eigenvalue weighted by Gasteiger charge is 2.36. The minimum absolute atomic E-state index is 0.0128. The molecule has 0 heterocycles. The molecule has 0 spiro atoms. The second-order valence-electron chi connectivity index (χ2n) is 21.6. The molecule has 0 radical (unpaired) electrons. The van der Waals surface area contributed by atoms with E-state index in [9.17, 15) is 53.1 Å². The fourth-order valence-corrected chi connectivity index (χ4v) is 8.66. The first-order chi connectivity index (χ1) is 43.0. The summed E-state index contributed by atoms with van der Waals surface area (Å²) in [6.45, 7) is 4.04. The zero-order valence-corrected chi connectivity index (χ0v) is 52.5. The number of hydrogen-bond acceptors (Lipinski definition) is 18. The Hall–Kier alpha value is -9.07. The SMILES string of the molecule is CC[C@H](C)[C@H](NC(=O)[C@H](CCC(N)=O)NC(=O)[C@@H](CCCN=C(N)N)NC(=O)[C@H](CCCN=C(N)N)NC(=O)[C@H](CCCCN)NC(=O)[C@H](CCCCN)NC(=O)[C@H](N)CCCN=C(N)N)C(=O)N[C@@H](CCCN=C(N)N)C(=O)N[C@H](CCCN=C(N)N)C(=O)O. The summed E-state index contributed by atoms with van der Waals surface area (Å²) in [6, 6.07) is -12.5. The van der Waals surface area contributed by atoms with Crippen molar-refractivity contribution in [3.63, 3.8) is 0 Å². The molecule has 9 amide bonds. The Labute approximate surface area is 530 Å². The van der Waals surface area contributed by atoms with Crippen LogP contribution >= 0.6 is 0 Å². The zero-order valence-electron chi connectivity index (χ0n) is 52.5. The summed E-state index contributed by atoms with van der Waals surface area (Å²) in [5.74, 6) is -11.1. The van der Waals surface area contributed by atoms with E-state index in [1.165, 1.54) is 0 Å². The number of hydrogen-bond donors (Lipinski definition) is 23. The molecule has 0 fully saturated rings. The molecule has 0 aromatic carbocycles. The highest BCUT2D eigenvalue weighted by atomic mass is 16.4. The molecule has 0 aromatic heterocycles. The van der Waals surface area contributed by atoms with Crippen LogP contribution in [0, 0.1) is 5.92 Å². The summed E-state index contributed by atoms with van der Waals surface area (Å²) in [5.41, 5.74) is 78.0. The van der Waals surface area contributed by atoms with E-state index in [1.54, 1.807) is 13.8 Å². The van der Waals surface area contributed by atoms with Crippen LogP contribution in [0.25, 0.3) is 0 Å². The summed E-state index contributed by atoms with van der Waals surface area (Å²) in [6.07, 6.45) is 1.48. The smallest absolute Gasteiger partial charge is 0.326 e. The molecule has 38 heteroatoms. The largest absolute Gasteiger partial charge is 0.480 e. The van der Waals surface area contributed by atoms with Crippen LogP contribution in [-0.4, -0.2) is 194 Å². The second kappa shape index (κ2) is 47.0. The molecule has 0 saturated carbocycles. The molecule has 0 unspecified atom stereocenters. The van der Waals surface area contributed by atoms with Gasteiger partial charge in [0.05, 0.1) is 6.04 Å². The maximum Gasteiger partial charge on any atom is 0.326 e. The van der Waals surface area contributed by atoms with Gasteiger partial charge in [-0.05, 0) is 128 Å². The van der Waals surface area contributed by atoms with Gasteiger partial charge in [-0.3, -0.25) is 68.1 Å². The van der Waals surface area contributed by atoms with Gasteiger partial charge >= 0.3 is 5.97 Å². The number of aliphatic carboxylic acids is 1. The van der Waals surface area contributed by atoms with Crippen molar-refractivity contribution < 1.29 is 53.1 Å². The molecule has 38 nitrogen and oxygen atoms in total. The van der Waals surface area contributed by atoms with E-state index in [1.807, 2.05) is 0 Å². The van der Waals surface area contributed by atoms with Gasteiger partial charge in [0.25, 0.3) is 0 Å². The molecule has 0 saturated heterocycles. The van der Waals surface area contributed by atoms with Gasteiger partial charge in [-0.25, -0.2) is 4.79 Å². The predicted molar refractivity (Wildman–Crippen MR) is 344 cm³/mol. The number of primary amides is 1. The third kappa shape index (κ3) is 38.2. The van der Waals surface area contributed by atoms with Crippen molar-refractivity contribution in [2.45, 2.75) is 190 Å². The summed E-state index contributed by atoms with van der Waals surface area (Å²) in [7, 11) is 0. The van der Waals surface area contributed by atoms with E-state index < -0.39 is 132 Å². The zero-order chi connectivity index (χ0) is 69.0. The van der Waals surface area contributed by atoms with Crippen LogP contribution < -0.4 is 123 Å². The van der Waals surface area contributed by atoms with Crippen LogP contribution in [0.2, 0.25) is 0 Å². The predicted octanol–water partition coefficient (Wildman–Crippen LogP) is -8.89. The first kappa shape index (κ1) is 81.9. The van der Waals surface area contributed by atoms with Gasteiger partial charge in [-0.15, -0.1) is 0 Å². The lowest BCUT2D eigenvalue weighted by molar-refractivity contribution is -0.142. The molecule has 0 aliphatic carbocycles. The number of nitrogens with zero attached hydrogens (tertiary/aromatic N) is 5. The van der Waals surface area contributed by atoms with E-state index >= 15 is 0 Å². The Bertz CT molecular complexity index is 2450. The lowest BCUT2D eigenvalue weighted by Crippen LogP contribution is -2.61. The number of aliphatic imine (C=N–C) groups is 5. The van der Waals surface area contributed by atoms with Gasteiger partial charge in [0.1, 0.15) is 48.3 Å². The van der Waals surface area contributed by atoms with Crippen LogP contribution in [0.1, 0.15) is 136 Å². The van der Waals surface area contributed by atoms with Gasteiger partial charge in [0.2, 0.25) is 53.2 Å². The lowest BCUT2D eigenvalue weighted by Gasteiger charge is -2.29. The number of carboxylic acids is 1. The quantitative estimate of drug-likeness (QED) is 0.0153. The van der Waals surface area contributed by atoms with Crippen LogP contribution in [-0.2, 0) is 47.9 Å². The highest BCUT2D eigenvalue weighted by Crippen LogP contribution is 2.14. The third-order valence-corrected chi connectivity index (χ3v) is 13.9. The summed E-state index contributed by atoms with van der Waals surface area (Å²) in [4.78, 5) is 158. The number of amides is 9. The van der Waals surface area contributed by atoms with E-state index in [4.69, 9.17) is 80.3 Å². The molecular weight excluding hydrogens is 1190 g/mol. The summed E-state index contributed by atoms with van der Waals surface area (Å²) in [5, 5.41) is 30.8. The minimum atomic E-state index is -1.63. The fourth-order valence-electron chi connectivity index (χ4n) is 8.66. The number of carbonyl (C=O) groups excluding carboxylic acids is 9. The van der Waals surface area contributed by atoms with Crippen LogP contribution in [0.5, 0.6) is 0 Å². The van der Waals surface area contributed by atoms with E-state index in [2.05, 4.69) is 67.5 Å². The van der Waals surface area contributed by atoms with Crippen molar-refractivity contribution >= 4 is 88.9 Å². The Balaban J connectivity index is 7.31. The van der Waals surface area contributed by atoms with Crippen LogP contribution in [0.4, 0.5) is 0 Å². The number of carboxylic acid groups (broad SMARTS) is 1. The topological polar surface area (TPSA) is 713 Å². The van der Waals surface area contributed by atoms with E-state index in [0.717, 1.165) is 0 Å².